The molecule has 0 bridgehead atoms. The van der Waals surface area contributed by atoms with Crippen LogP contribution in [0, 0.1) is 5.92 Å². The van der Waals surface area contributed by atoms with E-state index < -0.39 is 0 Å². The van der Waals surface area contributed by atoms with Crippen molar-refractivity contribution in [2.24, 2.45) is 5.92 Å². The van der Waals surface area contributed by atoms with Crippen LogP contribution in [0.3, 0.4) is 0 Å². The Bertz CT molecular complexity index is 588. The van der Waals surface area contributed by atoms with Crippen LogP contribution in [0.5, 0.6) is 0 Å². The van der Waals surface area contributed by atoms with Gasteiger partial charge in [0.2, 0.25) is 0 Å². The molecule has 0 aliphatic carbocycles. The standard InChI is InChI=1S/C15H19ClN2O2S/c1-10(19)11-4-6-18(7-5-11)9-12-8-17-20-15(12)13-2-3-14(16)21-13/h2-3,8,10-11,19H,4-7,9H2,1H3. The van der Waals surface area contributed by atoms with Gasteiger partial charge in [-0.15, -0.1) is 11.3 Å². The summed E-state index contributed by atoms with van der Waals surface area (Å²) in [4.78, 5) is 3.41. The Kier molecular flexibility index (Phi) is 4.64. The third-order valence-electron chi connectivity index (χ3n) is 4.15. The van der Waals surface area contributed by atoms with Gasteiger partial charge in [-0.1, -0.05) is 16.8 Å². The number of likely N-dealkylation sites (tertiary alicyclic amines) is 1. The molecule has 3 rings (SSSR count). The number of hydrogen-bond donors (Lipinski definition) is 1. The molecule has 1 N–H and O–H groups in total. The summed E-state index contributed by atoms with van der Waals surface area (Å²) in [5.74, 6) is 1.25. The van der Waals surface area contributed by atoms with Crippen molar-refractivity contribution >= 4 is 22.9 Å². The normalized spacial score (nSPS) is 19.0. The van der Waals surface area contributed by atoms with Crippen LogP contribution in [0.2, 0.25) is 4.34 Å². The van der Waals surface area contributed by atoms with Crippen LogP contribution < -0.4 is 0 Å². The summed E-state index contributed by atoms with van der Waals surface area (Å²) in [5, 5.41) is 13.6. The molecular formula is C15H19ClN2O2S. The number of thiophene rings is 1. The van der Waals surface area contributed by atoms with Gasteiger partial charge in [0.1, 0.15) is 0 Å². The van der Waals surface area contributed by atoms with Gasteiger partial charge in [0, 0.05) is 12.1 Å². The second-order valence-corrected chi connectivity index (χ2v) is 7.35. The molecule has 1 fully saturated rings. The van der Waals surface area contributed by atoms with Crippen molar-refractivity contribution in [2.75, 3.05) is 13.1 Å². The predicted octanol–water partition coefficient (Wildman–Crippen LogP) is 3.65. The van der Waals surface area contributed by atoms with Crippen LogP contribution in [0.25, 0.3) is 10.6 Å². The largest absolute Gasteiger partial charge is 0.393 e. The van der Waals surface area contributed by atoms with Crippen molar-refractivity contribution in [3.63, 3.8) is 0 Å². The minimum Gasteiger partial charge on any atom is -0.393 e. The maximum atomic E-state index is 9.66. The van der Waals surface area contributed by atoms with Gasteiger partial charge in [0.05, 0.1) is 21.5 Å². The van der Waals surface area contributed by atoms with Crippen molar-refractivity contribution in [1.82, 2.24) is 10.1 Å². The molecule has 6 heteroatoms. The molecule has 1 aliphatic heterocycles. The molecule has 114 valence electrons. The summed E-state index contributed by atoms with van der Waals surface area (Å²) >= 11 is 7.50. The first kappa shape index (κ1) is 15.0. The van der Waals surface area contributed by atoms with Gasteiger partial charge < -0.3 is 9.63 Å². The van der Waals surface area contributed by atoms with Gasteiger partial charge in [-0.25, -0.2) is 0 Å². The maximum absolute atomic E-state index is 9.66. The minimum absolute atomic E-state index is 0.202. The second kappa shape index (κ2) is 6.48. The van der Waals surface area contributed by atoms with Gasteiger partial charge in [-0.05, 0) is 50.9 Å². The molecule has 1 atom stereocenters. The molecule has 0 radical (unpaired) electrons. The summed E-state index contributed by atoms with van der Waals surface area (Å²) in [6, 6.07) is 3.85. The summed E-state index contributed by atoms with van der Waals surface area (Å²) in [7, 11) is 0. The van der Waals surface area contributed by atoms with Gasteiger partial charge >= 0.3 is 0 Å². The van der Waals surface area contributed by atoms with Gasteiger partial charge in [0.25, 0.3) is 0 Å². The lowest BCUT2D eigenvalue weighted by Crippen LogP contribution is -2.36. The van der Waals surface area contributed by atoms with E-state index in [1.165, 1.54) is 11.3 Å². The Balaban J connectivity index is 1.66. The molecule has 1 aliphatic rings. The topological polar surface area (TPSA) is 49.5 Å². The predicted molar refractivity (Wildman–Crippen MR) is 84.5 cm³/mol. The summed E-state index contributed by atoms with van der Waals surface area (Å²) < 4.78 is 6.15. The monoisotopic (exact) mass is 326 g/mol. The smallest absolute Gasteiger partial charge is 0.181 e. The number of rotatable bonds is 4. The SMILES string of the molecule is CC(O)C1CCN(Cc2cnoc2-c2ccc(Cl)s2)CC1. The lowest BCUT2D eigenvalue weighted by Gasteiger charge is -2.32. The Morgan fingerprint density at radius 1 is 1.48 bits per heavy atom. The van der Waals surface area contributed by atoms with Gasteiger partial charge in [-0.2, -0.15) is 0 Å². The van der Waals surface area contributed by atoms with E-state index in [0.29, 0.717) is 5.92 Å². The van der Waals surface area contributed by atoms with Crippen LogP contribution in [-0.4, -0.2) is 34.4 Å². The molecule has 0 saturated carbocycles. The van der Waals surface area contributed by atoms with E-state index in [1.807, 2.05) is 19.1 Å². The highest BCUT2D eigenvalue weighted by atomic mass is 35.5. The Hall–Kier alpha value is -0.880. The van der Waals surface area contributed by atoms with E-state index in [1.54, 1.807) is 6.20 Å². The molecule has 2 aromatic heterocycles. The first-order chi connectivity index (χ1) is 10.1. The maximum Gasteiger partial charge on any atom is 0.181 e. The first-order valence-corrected chi connectivity index (χ1v) is 8.42. The van der Waals surface area contributed by atoms with Crippen LogP contribution >= 0.6 is 22.9 Å². The third kappa shape index (κ3) is 3.48. The van der Waals surface area contributed by atoms with Crippen LogP contribution in [0.1, 0.15) is 25.3 Å². The highest BCUT2D eigenvalue weighted by Gasteiger charge is 2.24. The van der Waals surface area contributed by atoms with Gasteiger partial charge in [0.15, 0.2) is 5.76 Å². The molecule has 0 amide bonds. The summed E-state index contributed by atoms with van der Waals surface area (Å²) in [6.45, 7) is 4.73. The van der Waals surface area contributed by atoms with Crippen LogP contribution in [0.4, 0.5) is 0 Å². The third-order valence-corrected chi connectivity index (χ3v) is 5.38. The number of halogens is 1. The average molecular weight is 327 g/mol. The van der Waals surface area contributed by atoms with Crippen LogP contribution in [0.15, 0.2) is 22.9 Å². The summed E-state index contributed by atoms with van der Waals surface area (Å²) in [5.41, 5.74) is 1.10. The van der Waals surface area contributed by atoms with E-state index in [0.717, 1.165) is 53.0 Å². The summed E-state index contributed by atoms with van der Waals surface area (Å²) in [6.07, 6.45) is 3.68. The number of aromatic nitrogens is 1. The number of nitrogens with zero attached hydrogens (tertiary/aromatic N) is 2. The molecule has 0 aromatic carbocycles. The fourth-order valence-corrected chi connectivity index (χ4v) is 3.90. The van der Waals surface area contributed by atoms with Crippen molar-refractivity contribution in [3.8, 4) is 10.6 Å². The average Bonchev–Trinajstić information content (AvgIpc) is 3.08. The molecule has 1 saturated heterocycles. The van der Waals surface area contributed by atoms with E-state index in [-0.39, 0.29) is 6.10 Å². The lowest BCUT2D eigenvalue weighted by molar-refractivity contribution is 0.0695. The minimum atomic E-state index is -0.202. The van der Waals surface area contributed by atoms with Crippen molar-refractivity contribution < 1.29 is 9.63 Å². The quantitative estimate of drug-likeness (QED) is 0.931. The Morgan fingerprint density at radius 2 is 2.24 bits per heavy atom. The molecular weight excluding hydrogens is 308 g/mol. The zero-order valence-corrected chi connectivity index (χ0v) is 13.5. The van der Waals surface area contributed by atoms with E-state index in [2.05, 4.69) is 10.1 Å². The molecule has 2 aromatic rings. The highest BCUT2D eigenvalue weighted by molar-refractivity contribution is 7.19. The molecule has 1 unspecified atom stereocenters. The van der Waals surface area contributed by atoms with Gasteiger partial charge in [-0.3, -0.25) is 4.90 Å². The Labute approximate surface area is 133 Å². The lowest BCUT2D eigenvalue weighted by atomic mass is 9.92. The number of aliphatic hydroxyl groups excluding tert-OH is 1. The fraction of sp³-hybridized carbons (Fsp3) is 0.533. The van der Waals surface area contributed by atoms with Crippen molar-refractivity contribution in [2.45, 2.75) is 32.4 Å². The van der Waals surface area contributed by atoms with Crippen LogP contribution in [-0.2, 0) is 6.54 Å². The molecule has 21 heavy (non-hydrogen) atoms. The molecule has 3 heterocycles. The molecule has 4 nitrogen and oxygen atoms in total. The van der Waals surface area contributed by atoms with Crippen molar-refractivity contribution in [1.29, 1.82) is 0 Å². The number of hydrogen-bond acceptors (Lipinski definition) is 5. The zero-order chi connectivity index (χ0) is 14.8. The molecule has 0 spiro atoms. The van der Waals surface area contributed by atoms with E-state index in [4.69, 9.17) is 16.1 Å². The highest BCUT2D eigenvalue weighted by Crippen LogP contribution is 2.34. The van der Waals surface area contributed by atoms with E-state index >= 15 is 0 Å². The fourth-order valence-electron chi connectivity index (χ4n) is 2.85. The van der Waals surface area contributed by atoms with Crippen molar-refractivity contribution in [3.05, 3.63) is 28.2 Å². The zero-order valence-electron chi connectivity index (χ0n) is 12.0. The number of piperidine rings is 1. The van der Waals surface area contributed by atoms with E-state index in [9.17, 15) is 5.11 Å². The first-order valence-electron chi connectivity index (χ1n) is 7.23. The second-order valence-electron chi connectivity index (χ2n) is 5.64. The Morgan fingerprint density at radius 3 is 2.86 bits per heavy atom. The number of aliphatic hydroxyl groups is 1.